The SMILES string of the molecule is CN1C(=N)N[C@](C)(c2cc(-c3cccc(C#N)c3)cs2)[C@@H](c2ccc(C3(C#N)CC3)cc2)C1=O. The van der Waals surface area contributed by atoms with Gasteiger partial charge in [-0.2, -0.15) is 10.5 Å². The van der Waals surface area contributed by atoms with Gasteiger partial charge in [0.2, 0.25) is 5.91 Å². The third kappa shape index (κ3) is 3.37. The molecule has 2 fully saturated rings. The molecule has 2 aromatic carbocycles. The molecule has 3 aromatic rings. The van der Waals surface area contributed by atoms with E-state index in [1.165, 1.54) is 16.2 Å². The Hall–Kier alpha value is -3.94. The summed E-state index contributed by atoms with van der Waals surface area (Å²) in [5, 5.41) is 32.5. The molecule has 1 amide bonds. The summed E-state index contributed by atoms with van der Waals surface area (Å²) in [4.78, 5) is 15.8. The van der Waals surface area contributed by atoms with E-state index < -0.39 is 11.5 Å². The molecule has 168 valence electrons. The van der Waals surface area contributed by atoms with Gasteiger partial charge in [0.25, 0.3) is 0 Å². The van der Waals surface area contributed by atoms with E-state index in [4.69, 9.17) is 5.41 Å². The second-order valence-electron chi connectivity index (χ2n) is 9.21. The van der Waals surface area contributed by atoms with E-state index in [-0.39, 0.29) is 17.3 Å². The number of nitrogens with zero attached hydrogens (tertiary/aromatic N) is 3. The van der Waals surface area contributed by atoms with Crippen molar-refractivity contribution in [3.8, 4) is 23.3 Å². The normalized spacial score (nSPS) is 23.1. The predicted octanol–water partition coefficient (Wildman–Crippen LogP) is 4.84. The second kappa shape index (κ2) is 7.83. The fourth-order valence-corrected chi connectivity index (χ4v) is 5.81. The van der Waals surface area contributed by atoms with Crippen molar-refractivity contribution >= 4 is 23.2 Å². The van der Waals surface area contributed by atoms with Gasteiger partial charge in [-0.15, -0.1) is 11.3 Å². The first-order valence-corrected chi connectivity index (χ1v) is 11.9. The van der Waals surface area contributed by atoms with Crippen molar-refractivity contribution in [2.24, 2.45) is 0 Å². The van der Waals surface area contributed by atoms with Crippen LogP contribution in [0.1, 0.15) is 47.3 Å². The lowest BCUT2D eigenvalue weighted by Crippen LogP contribution is -2.62. The number of likely N-dealkylation sites (N-methyl/N-ethyl adjacent to an activating group) is 1. The van der Waals surface area contributed by atoms with Gasteiger partial charge in [0.15, 0.2) is 5.96 Å². The van der Waals surface area contributed by atoms with Crippen molar-refractivity contribution < 1.29 is 4.79 Å². The monoisotopic (exact) mass is 465 g/mol. The minimum atomic E-state index is -0.829. The second-order valence-corrected chi connectivity index (χ2v) is 10.1. The van der Waals surface area contributed by atoms with Gasteiger partial charge in [-0.3, -0.25) is 15.1 Å². The Morgan fingerprint density at radius 2 is 1.85 bits per heavy atom. The molecule has 34 heavy (non-hydrogen) atoms. The van der Waals surface area contributed by atoms with Crippen LogP contribution in [-0.2, 0) is 15.7 Å². The maximum atomic E-state index is 13.5. The fraction of sp³-hybridized carbons (Fsp3) is 0.259. The lowest BCUT2D eigenvalue weighted by atomic mass is 9.76. The van der Waals surface area contributed by atoms with Crippen LogP contribution in [0, 0.1) is 28.1 Å². The molecule has 6 nitrogen and oxygen atoms in total. The van der Waals surface area contributed by atoms with Crippen LogP contribution in [-0.4, -0.2) is 23.8 Å². The summed E-state index contributed by atoms with van der Waals surface area (Å²) in [6, 6.07) is 21.9. The number of carbonyl (C=O) groups excluding carboxylic acids is 1. The highest BCUT2D eigenvalue weighted by Gasteiger charge is 2.50. The highest BCUT2D eigenvalue weighted by Crippen LogP contribution is 2.49. The average Bonchev–Trinajstić information content (AvgIpc) is 3.49. The fourth-order valence-electron chi connectivity index (χ4n) is 4.75. The Morgan fingerprint density at radius 1 is 1.12 bits per heavy atom. The molecule has 1 saturated heterocycles. The Labute approximate surface area is 202 Å². The number of rotatable bonds is 4. The molecule has 1 aromatic heterocycles. The maximum absolute atomic E-state index is 13.5. The zero-order valence-electron chi connectivity index (χ0n) is 18.9. The number of hydrogen-bond donors (Lipinski definition) is 2. The number of amides is 1. The summed E-state index contributed by atoms with van der Waals surface area (Å²) in [6.45, 7) is 1.96. The number of guanidine groups is 1. The van der Waals surface area contributed by atoms with Crippen LogP contribution < -0.4 is 5.32 Å². The highest BCUT2D eigenvalue weighted by atomic mass is 32.1. The van der Waals surface area contributed by atoms with Gasteiger partial charge < -0.3 is 5.32 Å². The molecular weight excluding hydrogens is 442 g/mol. The van der Waals surface area contributed by atoms with Crippen molar-refractivity contribution in [3.63, 3.8) is 0 Å². The predicted molar refractivity (Wildman–Crippen MR) is 131 cm³/mol. The van der Waals surface area contributed by atoms with Crippen molar-refractivity contribution in [2.45, 2.75) is 36.6 Å². The van der Waals surface area contributed by atoms with Crippen LogP contribution >= 0.6 is 11.3 Å². The number of carbonyl (C=O) groups is 1. The molecule has 2 N–H and O–H groups in total. The zero-order valence-corrected chi connectivity index (χ0v) is 19.7. The van der Waals surface area contributed by atoms with Crippen molar-refractivity contribution in [1.29, 1.82) is 15.9 Å². The number of benzene rings is 2. The lowest BCUT2D eigenvalue weighted by molar-refractivity contribution is -0.131. The van der Waals surface area contributed by atoms with E-state index in [9.17, 15) is 15.3 Å². The summed E-state index contributed by atoms with van der Waals surface area (Å²) in [7, 11) is 1.61. The molecule has 0 radical (unpaired) electrons. The van der Waals surface area contributed by atoms with E-state index >= 15 is 0 Å². The lowest BCUT2D eigenvalue weighted by Gasteiger charge is -2.45. The molecule has 0 spiro atoms. The average molecular weight is 466 g/mol. The summed E-state index contributed by atoms with van der Waals surface area (Å²) >= 11 is 1.53. The molecule has 7 heteroatoms. The minimum absolute atomic E-state index is 0.0585. The van der Waals surface area contributed by atoms with E-state index in [1.54, 1.807) is 13.1 Å². The van der Waals surface area contributed by atoms with Crippen LogP contribution in [0.5, 0.6) is 0 Å². The molecule has 2 aliphatic rings. The molecule has 1 saturated carbocycles. The summed E-state index contributed by atoms with van der Waals surface area (Å²) < 4.78 is 0. The van der Waals surface area contributed by atoms with Crippen LogP contribution in [0.25, 0.3) is 11.1 Å². The highest BCUT2D eigenvalue weighted by molar-refractivity contribution is 7.10. The first-order chi connectivity index (χ1) is 16.3. The summed E-state index contributed by atoms with van der Waals surface area (Å²) in [5.41, 5.74) is 3.13. The standard InChI is InChI=1S/C27H23N5OS/c1-26(22-13-20(15-34-22)19-5-3-4-17(12-19)14-28)23(24(33)32(2)25(30)31-26)18-6-8-21(9-7-18)27(16-29)10-11-27/h3-9,12-13,15,23H,10-11H2,1-2H3,(H2,30,31)/t23-,26+/m0/s1. The molecule has 1 aliphatic heterocycles. The van der Waals surface area contributed by atoms with Gasteiger partial charge in [0, 0.05) is 11.9 Å². The van der Waals surface area contributed by atoms with Crippen molar-refractivity contribution in [1.82, 2.24) is 10.2 Å². The molecular formula is C27H23N5OS. The first kappa shape index (κ1) is 21.9. The maximum Gasteiger partial charge on any atom is 0.239 e. The Balaban J connectivity index is 1.56. The van der Waals surface area contributed by atoms with Gasteiger partial charge in [-0.1, -0.05) is 36.4 Å². The minimum Gasteiger partial charge on any atom is -0.345 e. The summed E-state index contributed by atoms with van der Waals surface area (Å²) in [5.74, 6) is -0.639. The smallest absolute Gasteiger partial charge is 0.239 e. The van der Waals surface area contributed by atoms with Crippen LogP contribution in [0.3, 0.4) is 0 Å². The topological polar surface area (TPSA) is 104 Å². The molecule has 0 unspecified atom stereocenters. The molecule has 0 bridgehead atoms. The van der Waals surface area contributed by atoms with Crippen LogP contribution in [0.4, 0.5) is 0 Å². The molecule has 2 atom stereocenters. The van der Waals surface area contributed by atoms with Gasteiger partial charge in [0.05, 0.1) is 34.6 Å². The number of hydrogen-bond acceptors (Lipinski definition) is 5. The summed E-state index contributed by atoms with van der Waals surface area (Å²) in [6.07, 6.45) is 1.74. The quantitative estimate of drug-likeness (QED) is 0.575. The molecule has 2 heterocycles. The third-order valence-electron chi connectivity index (χ3n) is 7.07. The Kier molecular flexibility index (Phi) is 5.04. The first-order valence-electron chi connectivity index (χ1n) is 11.1. The van der Waals surface area contributed by atoms with Crippen molar-refractivity contribution in [3.05, 3.63) is 81.5 Å². The number of thiophene rings is 1. The van der Waals surface area contributed by atoms with E-state index in [2.05, 4.69) is 17.5 Å². The van der Waals surface area contributed by atoms with Crippen LogP contribution in [0.2, 0.25) is 0 Å². The van der Waals surface area contributed by atoms with E-state index in [1.807, 2.05) is 60.8 Å². The Morgan fingerprint density at radius 3 is 2.50 bits per heavy atom. The zero-order chi connectivity index (χ0) is 24.1. The largest absolute Gasteiger partial charge is 0.345 e. The van der Waals surface area contributed by atoms with Gasteiger partial charge >= 0.3 is 0 Å². The number of nitrogens with one attached hydrogen (secondary N) is 2. The van der Waals surface area contributed by atoms with E-state index in [0.717, 1.165) is 40.0 Å². The Bertz CT molecular complexity index is 1390. The molecule has 1 aliphatic carbocycles. The van der Waals surface area contributed by atoms with Crippen LogP contribution in [0.15, 0.2) is 60.0 Å². The third-order valence-corrected chi connectivity index (χ3v) is 8.23. The van der Waals surface area contributed by atoms with E-state index in [0.29, 0.717) is 5.56 Å². The van der Waals surface area contributed by atoms with Crippen molar-refractivity contribution in [2.75, 3.05) is 7.05 Å². The van der Waals surface area contributed by atoms with Gasteiger partial charge in [0.1, 0.15) is 0 Å². The van der Waals surface area contributed by atoms with Gasteiger partial charge in [-0.25, -0.2) is 0 Å². The molecule has 5 rings (SSSR count). The van der Waals surface area contributed by atoms with Gasteiger partial charge in [-0.05, 0) is 65.6 Å². The number of nitriles is 2.